The summed E-state index contributed by atoms with van der Waals surface area (Å²) in [6, 6.07) is 0. The Morgan fingerprint density at radius 3 is 1.62 bits per heavy atom. The van der Waals surface area contributed by atoms with Crippen molar-refractivity contribution in [2.45, 2.75) is 25.7 Å². The van der Waals surface area contributed by atoms with Crippen molar-refractivity contribution in [2.75, 3.05) is 0 Å². The van der Waals surface area contributed by atoms with Gasteiger partial charge in [0.05, 0.1) is 0 Å². The average Bonchev–Trinajstić information content (AvgIpc) is 2.63. The van der Waals surface area contributed by atoms with E-state index in [1.54, 1.807) is 0 Å². The largest absolute Gasteiger partial charge is 0.0499 e. The fraction of sp³-hybridized carbons (Fsp3) is 0.875. The number of hydrogen-bond donors (Lipinski definition) is 0. The zero-order chi connectivity index (χ0) is 5.56. The van der Waals surface area contributed by atoms with Crippen LogP contribution in [0.25, 0.3) is 0 Å². The van der Waals surface area contributed by atoms with Crippen molar-refractivity contribution >= 4 is 0 Å². The quantitative estimate of drug-likeness (QED) is 0.508. The van der Waals surface area contributed by atoms with Gasteiger partial charge in [-0.3, -0.25) is 0 Å². The standard InChI is InChI=1S/C8H12/c1-6(7-2-3-7)8-4-5-8/h1,6-8H,2-5H2. The van der Waals surface area contributed by atoms with Gasteiger partial charge in [0.2, 0.25) is 0 Å². The molecule has 2 saturated carbocycles. The first-order chi connectivity index (χ1) is 3.88. The molecule has 0 bridgehead atoms. The van der Waals surface area contributed by atoms with Gasteiger partial charge in [0, 0.05) is 0 Å². The Morgan fingerprint density at radius 2 is 1.38 bits per heavy atom. The Hall–Kier alpha value is 0. The minimum Gasteiger partial charge on any atom is -0.0499 e. The summed E-state index contributed by atoms with van der Waals surface area (Å²) in [4.78, 5) is 0. The van der Waals surface area contributed by atoms with Gasteiger partial charge in [-0.25, -0.2) is 0 Å². The van der Waals surface area contributed by atoms with E-state index in [-0.39, 0.29) is 0 Å². The van der Waals surface area contributed by atoms with E-state index in [1.165, 1.54) is 25.7 Å². The van der Waals surface area contributed by atoms with E-state index in [0.717, 1.165) is 11.8 Å². The number of hydrogen-bond acceptors (Lipinski definition) is 0. The third-order valence-electron chi connectivity index (χ3n) is 2.33. The van der Waals surface area contributed by atoms with Gasteiger partial charge in [0.15, 0.2) is 0 Å². The molecule has 44 valence electrons. The molecule has 2 radical (unpaired) electrons. The maximum atomic E-state index is 5.88. The van der Waals surface area contributed by atoms with Gasteiger partial charge in [0.1, 0.15) is 0 Å². The molecule has 0 heterocycles. The second-order valence-corrected chi connectivity index (χ2v) is 3.25. The van der Waals surface area contributed by atoms with Crippen LogP contribution in [-0.4, -0.2) is 0 Å². The predicted molar refractivity (Wildman–Crippen MR) is 33.2 cm³/mol. The molecule has 0 aromatic heterocycles. The summed E-state index contributed by atoms with van der Waals surface area (Å²) in [5.41, 5.74) is 0. The summed E-state index contributed by atoms with van der Waals surface area (Å²) in [5, 5.41) is 0. The summed E-state index contributed by atoms with van der Waals surface area (Å²) in [6.45, 7) is 5.88. The predicted octanol–water partition coefficient (Wildman–Crippen LogP) is 2.13. The summed E-state index contributed by atoms with van der Waals surface area (Å²) in [6.07, 6.45) is 5.66. The van der Waals surface area contributed by atoms with E-state index in [4.69, 9.17) is 6.92 Å². The molecule has 2 aliphatic carbocycles. The fourth-order valence-corrected chi connectivity index (χ4v) is 1.35. The monoisotopic (exact) mass is 108 g/mol. The highest BCUT2D eigenvalue weighted by Crippen LogP contribution is 2.48. The average molecular weight is 108 g/mol. The lowest BCUT2D eigenvalue weighted by Crippen LogP contribution is -1.98. The van der Waals surface area contributed by atoms with Crippen LogP contribution >= 0.6 is 0 Å². The van der Waals surface area contributed by atoms with E-state index in [0.29, 0.717) is 5.92 Å². The van der Waals surface area contributed by atoms with E-state index in [9.17, 15) is 0 Å². The Balaban J connectivity index is 1.84. The molecule has 0 amide bonds. The van der Waals surface area contributed by atoms with Gasteiger partial charge in [-0.15, -0.1) is 0 Å². The lowest BCUT2D eigenvalue weighted by molar-refractivity contribution is 0.497. The molecular formula is C8H12. The third-order valence-corrected chi connectivity index (χ3v) is 2.33. The van der Waals surface area contributed by atoms with Crippen LogP contribution in [0.4, 0.5) is 0 Å². The second kappa shape index (κ2) is 1.49. The van der Waals surface area contributed by atoms with Crippen molar-refractivity contribution in [1.29, 1.82) is 0 Å². The maximum Gasteiger partial charge on any atom is -0.0312 e. The minimum atomic E-state index is 0.593. The van der Waals surface area contributed by atoms with Gasteiger partial charge in [-0.05, 0) is 50.4 Å². The van der Waals surface area contributed by atoms with Crippen LogP contribution in [0.3, 0.4) is 0 Å². The van der Waals surface area contributed by atoms with Crippen LogP contribution in [0.2, 0.25) is 0 Å². The van der Waals surface area contributed by atoms with Gasteiger partial charge < -0.3 is 0 Å². The Kier molecular flexibility index (Phi) is 0.902. The molecule has 0 atom stereocenters. The summed E-state index contributed by atoms with van der Waals surface area (Å²) >= 11 is 0. The van der Waals surface area contributed by atoms with Crippen molar-refractivity contribution in [3.8, 4) is 0 Å². The number of rotatable bonds is 2. The molecule has 0 N–H and O–H groups in total. The normalized spacial score (nSPS) is 29.2. The topological polar surface area (TPSA) is 0 Å². The first kappa shape index (κ1) is 4.84. The molecular weight excluding hydrogens is 96.1 g/mol. The Morgan fingerprint density at radius 1 is 1.00 bits per heavy atom. The molecule has 2 aliphatic rings. The van der Waals surface area contributed by atoms with E-state index >= 15 is 0 Å². The molecule has 2 rings (SSSR count). The van der Waals surface area contributed by atoms with E-state index in [1.807, 2.05) is 0 Å². The SMILES string of the molecule is [CH]C(C1CC1)C1CC1. The molecule has 8 heavy (non-hydrogen) atoms. The van der Waals surface area contributed by atoms with Gasteiger partial charge in [-0.1, -0.05) is 0 Å². The molecule has 0 aliphatic heterocycles. The zero-order valence-corrected chi connectivity index (χ0v) is 5.14. The lowest BCUT2D eigenvalue weighted by Gasteiger charge is -2.04. The van der Waals surface area contributed by atoms with Crippen molar-refractivity contribution in [3.05, 3.63) is 6.92 Å². The van der Waals surface area contributed by atoms with Gasteiger partial charge in [-0.2, -0.15) is 0 Å². The maximum absolute atomic E-state index is 5.88. The molecule has 0 aromatic carbocycles. The molecule has 2 fully saturated rings. The molecule has 0 nitrogen and oxygen atoms in total. The minimum absolute atomic E-state index is 0.593. The zero-order valence-electron chi connectivity index (χ0n) is 5.14. The highest BCUT2D eigenvalue weighted by atomic mass is 14.4. The highest BCUT2D eigenvalue weighted by molar-refractivity contribution is 4.92. The fourth-order valence-electron chi connectivity index (χ4n) is 1.35. The van der Waals surface area contributed by atoms with E-state index in [2.05, 4.69) is 0 Å². The third kappa shape index (κ3) is 0.765. The molecule has 0 heteroatoms. The summed E-state index contributed by atoms with van der Waals surface area (Å²) in [7, 11) is 0. The molecule has 0 saturated heterocycles. The van der Waals surface area contributed by atoms with Crippen LogP contribution in [0.5, 0.6) is 0 Å². The van der Waals surface area contributed by atoms with Crippen molar-refractivity contribution in [3.63, 3.8) is 0 Å². The highest BCUT2D eigenvalue weighted by Gasteiger charge is 2.38. The van der Waals surface area contributed by atoms with Crippen LogP contribution in [0.15, 0.2) is 0 Å². The molecule has 0 aromatic rings. The van der Waals surface area contributed by atoms with E-state index < -0.39 is 0 Å². The van der Waals surface area contributed by atoms with Gasteiger partial charge in [0.25, 0.3) is 0 Å². The van der Waals surface area contributed by atoms with Crippen LogP contribution in [0, 0.1) is 24.7 Å². The smallest absolute Gasteiger partial charge is 0.0312 e. The first-order valence-corrected chi connectivity index (χ1v) is 3.63. The van der Waals surface area contributed by atoms with Crippen LogP contribution in [0.1, 0.15) is 25.7 Å². The summed E-state index contributed by atoms with van der Waals surface area (Å²) < 4.78 is 0. The Labute approximate surface area is 51.3 Å². The molecule has 0 unspecified atom stereocenters. The second-order valence-electron chi connectivity index (χ2n) is 3.25. The Bertz CT molecular complexity index is 76.2. The summed E-state index contributed by atoms with van der Waals surface area (Å²) in [5.74, 6) is 2.46. The van der Waals surface area contributed by atoms with Gasteiger partial charge >= 0.3 is 0 Å². The van der Waals surface area contributed by atoms with Crippen LogP contribution < -0.4 is 0 Å². The molecule has 0 spiro atoms. The van der Waals surface area contributed by atoms with Crippen molar-refractivity contribution in [1.82, 2.24) is 0 Å². The van der Waals surface area contributed by atoms with Crippen molar-refractivity contribution < 1.29 is 0 Å². The lowest BCUT2D eigenvalue weighted by atomic mass is 10.0. The van der Waals surface area contributed by atoms with Crippen LogP contribution in [-0.2, 0) is 0 Å². The van der Waals surface area contributed by atoms with Crippen molar-refractivity contribution in [2.24, 2.45) is 17.8 Å². The first-order valence-electron chi connectivity index (χ1n) is 3.63.